The SMILES string of the molecule is [2H]C([2H])([2H])NC(=O)c1nnc(NC(=O)C2CC2)cc1Nc1cc(F)cc(-c2cc(C(=O)N3CCN(CCO)CC3)n(C)n2)c1OC. The van der Waals surface area contributed by atoms with Crippen LogP contribution in [0.3, 0.4) is 0 Å². The van der Waals surface area contributed by atoms with Crippen LogP contribution in [0, 0.1) is 11.7 Å². The second kappa shape index (κ2) is 12.7. The first kappa shape index (κ1) is 26.0. The highest BCUT2D eigenvalue weighted by Crippen LogP contribution is 2.39. The van der Waals surface area contributed by atoms with Crippen LogP contribution in [0.4, 0.5) is 21.6 Å². The molecule has 2 fully saturated rings. The van der Waals surface area contributed by atoms with E-state index in [-0.39, 0.29) is 64.2 Å². The fraction of sp³-hybridized carbons (Fsp3) is 0.429. The highest BCUT2D eigenvalue weighted by atomic mass is 19.1. The lowest BCUT2D eigenvalue weighted by atomic mass is 10.1. The van der Waals surface area contributed by atoms with Gasteiger partial charge in [0.1, 0.15) is 11.5 Å². The van der Waals surface area contributed by atoms with Gasteiger partial charge in [0.05, 0.1) is 30.8 Å². The van der Waals surface area contributed by atoms with E-state index in [1.54, 1.807) is 11.9 Å². The third-order valence-corrected chi connectivity index (χ3v) is 7.30. The second-order valence-electron chi connectivity index (χ2n) is 10.3. The van der Waals surface area contributed by atoms with Crippen LogP contribution >= 0.6 is 0 Å². The number of aliphatic hydroxyl groups excluding tert-OH is 1. The number of carbonyl (C=O) groups excluding carboxylic acids is 3. The van der Waals surface area contributed by atoms with Gasteiger partial charge in [-0.2, -0.15) is 5.10 Å². The number of anilines is 3. The molecule has 0 spiro atoms. The van der Waals surface area contributed by atoms with Crippen molar-refractivity contribution in [3.63, 3.8) is 0 Å². The van der Waals surface area contributed by atoms with E-state index >= 15 is 4.39 Å². The number of β-amino-alcohol motifs (C(OH)–C–C–N with tert-alkyl or cyclic N) is 1. The molecule has 3 aromatic rings. The summed E-state index contributed by atoms with van der Waals surface area (Å²) in [6, 6.07) is 5.09. The summed E-state index contributed by atoms with van der Waals surface area (Å²) in [5.74, 6) is -2.41. The van der Waals surface area contributed by atoms with Crippen molar-refractivity contribution in [3.8, 4) is 17.0 Å². The number of halogens is 1. The number of piperazine rings is 1. The molecular formula is C28H34FN9O5. The van der Waals surface area contributed by atoms with Crippen LogP contribution in [0.1, 0.15) is 37.9 Å². The van der Waals surface area contributed by atoms with Crippen LogP contribution in [0.25, 0.3) is 11.3 Å². The van der Waals surface area contributed by atoms with Gasteiger partial charge in [0, 0.05) is 74.5 Å². The molecule has 43 heavy (non-hydrogen) atoms. The molecule has 0 bridgehead atoms. The first-order chi connectivity index (χ1) is 21.9. The first-order valence-corrected chi connectivity index (χ1v) is 13.7. The van der Waals surface area contributed by atoms with E-state index in [0.717, 1.165) is 18.9 Å². The van der Waals surface area contributed by atoms with Crippen LogP contribution in [-0.4, -0.2) is 106 Å². The number of rotatable bonds is 10. The molecule has 2 aliphatic rings. The number of amides is 3. The van der Waals surface area contributed by atoms with Gasteiger partial charge in [-0.25, -0.2) is 4.39 Å². The average molecular weight is 599 g/mol. The zero-order valence-corrected chi connectivity index (χ0v) is 23.7. The van der Waals surface area contributed by atoms with Crippen molar-refractivity contribution in [2.24, 2.45) is 13.0 Å². The van der Waals surface area contributed by atoms with Gasteiger partial charge in [0.25, 0.3) is 11.8 Å². The Labute approximate surface area is 251 Å². The summed E-state index contributed by atoms with van der Waals surface area (Å²) < 4.78 is 44.4. The lowest BCUT2D eigenvalue weighted by Crippen LogP contribution is -2.49. The molecule has 228 valence electrons. The summed E-state index contributed by atoms with van der Waals surface area (Å²) in [6.45, 7) is -0.0876. The maximum atomic E-state index is 15.2. The van der Waals surface area contributed by atoms with Gasteiger partial charge in [-0.3, -0.25) is 24.0 Å². The van der Waals surface area contributed by atoms with Gasteiger partial charge in [-0.05, 0) is 25.0 Å². The van der Waals surface area contributed by atoms with E-state index in [0.29, 0.717) is 32.7 Å². The van der Waals surface area contributed by atoms with Gasteiger partial charge >= 0.3 is 0 Å². The zero-order valence-electron chi connectivity index (χ0n) is 26.7. The predicted molar refractivity (Wildman–Crippen MR) is 155 cm³/mol. The van der Waals surface area contributed by atoms with E-state index in [9.17, 15) is 19.5 Å². The molecule has 0 unspecified atom stereocenters. The quantitative estimate of drug-likeness (QED) is 0.267. The lowest BCUT2D eigenvalue weighted by Gasteiger charge is -2.34. The normalized spacial score (nSPS) is 16.6. The van der Waals surface area contributed by atoms with Crippen molar-refractivity contribution < 1.29 is 32.7 Å². The molecule has 14 nitrogen and oxygen atoms in total. The van der Waals surface area contributed by atoms with Crippen molar-refractivity contribution in [3.05, 3.63) is 41.5 Å². The highest BCUT2D eigenvalue weighted by Gasteiger charge is 2.30. The summed E-state index contributed by atoms with van der Waals surface area (Å²) in [5, 5.41) is 28.7. The minimum atomic E-state index is -2.83. The minimum Gasteiger partial charge on any atom is -0.494 e. The molecule has 0 radical (unpaired) electrons. The monoisotopic (exact) mass is 598 g/mol. The molecule has 4 N–H and O–H groups in total. The lowest BCUT2D eigenvalue weighted by molar-refractivity contribution is -0.117. The van der Waals surface area contributed by atoms with Crippen molar-refractivity contribution in [2.45, 2.75) is 12.8 Å². The fourth-order valence-corrected chi connectivity index (χ4v) is 4.87. The molecule has 1 saturated heterocycles. The highest BCUT2D eigenvalue weighted by molar-refractivity contribution is 6.00. The Morgan fingerprint density at radius 3 is 2.56 bits per heavy atom. The van der Waals surface area contributed by atoms with E-state index in [2.05, 4.69) is 30.8 Å². The molecule has 1 aliphatic carbocycles. The summed E-state index contributed by atoms with van der Waals surface area (Å²) in [4.78, 5) is 42.3. The number of aryl methyl sites for hydroxylation is 1. The van der Waals surface area contributed by atoms with E-state index in [4.69, 9.17) is 8.85 Å². The third kappa shape index (κ3) is 6.57. The van der Waals surface area contributed by atoms with Crippen molar-refractivity contribution >= 4 is 34.9 Å². The third-order valence-electron chi connectivity index (χ3n) is 7.30. The predicted octanol–water partition coefficient (Wildman–Crippen LogP) is 1.23. The number of methoxy groups -OCH3 is 1. The van der Waals surface area contributed by atoms with Crippen LogP contribution in [0.5, 0.6) is 5.75 Å². The number of hydrogen-bond donors (Lipinski definition) is 4. The van der Waals surface area contributed by atoms with Crippen molar-refractivity contribution in [1.29, 1.82) is 0 Å². The second-order valence-corrected chi connectivity index (χ2v) is 10.3. The molecule has 2 aromatic heterocycles. The Hall–Kier alpha value is -4.63. The molecule has 1 saturated carbocycles. The van der Waals surface area contributed by atoms with Gasteiger partial charge in [0.2, 0.25) is 5.91 Å². The molecule has 0 atom stereocenters. The number of carbonyl (C=O) groups is 3. The van der Waals surface area contributed by atoms with Crippen molar-refractivity contribution in [2.75, 3.05) is 64.0 Å². The van der Waals surface area contributed by atoms with Crippen molar-refractivity contribution in [1.82, 2.24) is 35.1 Å². The zero-order chi connectivity index (χ0) is 33.2. The largest absolute Gasteiger partial charge is 0.494 e. The molecule has 3 heterocycles. The molecule has 5 rings (SSSR count). The molecule has 1 aliphatic heterocycles. The molecule has 15 heteroatoms. The van der Waals surface area contributed by atoms with Crippen LogP contribution in [-0.2, 0) is 11.8 Å². The fourth-order valence-electron chi connectivity index (χ4n) is 4.87. The summed E-state index contributed by atoms with van der Waals surface area (Å²) in [7, 11) is 2.94. The Morgan fingerprint density at radius 1 is 1.12 bits per heavy atom. The van der Waals surface area contributed by atoms with Gasteiger partial charge < -0.3 is 30.7 Å². The topological polar surface area (TPSA) is 167 Å². The van der Waals surface area contributed by atoms with Gasteiger partial charge in [0.15, 0.2) is 17.3 Å². The maximum absolute atomic E-state index is 15.2. The van der Waals surface area contributed by atoms with Crippen LogP contribution in [0.2, 0.25) is 0 Å². The summed E-state index contributed by atoms with van der Waals surface area (Å²) in [5.41, 5.74) is 0.184. The van der Waals surface area contributed by atoms with Crippen LogP contribution < -0.4 is 20.7 Å². The van der Waals surface area contributed by atoms with E-state index in [1.165, 1.54) is 30.0 Å². The number of benzene rings is 1. The number of aliphatic hydroxyl groups is 1. The Bertz CT molecular complexity index is 1640. The summed E-state index contributed by atoms with van der Waals surface area (Å²) in [6.07, 6.45) is 1.46. The van der Waals surface area contributed by atoms with Gasteiger partial charge in [-0.15, -0.1) is 10.2 Å². The van der Waals surface area contributed by atoms with E-state index < -0.39 is 24.4 Å². The number of hydrogen-bond acceptors (Lipinski definition) is 10. The minimum absolute atomic E-state index is 0.00879. The smallest absolute Gasteiger partial charge is 0.273 e. The first-order valence-electron chi connectivity index (χ1n) is 15.2. The standard InChI is InChI=1S/C28H34FN9O5/c1-30-27(41)24-20(15-23(33-34-24)32-26(40)16-4-5-16)31-21-13-17(29)12-18(25(21)43-3)19-14-22(36(2)35-19)28(42)38-8-6-37(7-9-38)10-11-39/h12-16,39H,4-11H2,1-3H3,(H,30,41)(H2,31,32,33,40)/i1D3. The van der Waals surface area contributed by atoms with E-state index in [1.807, 2.05) is 5.32 Å². The van der Waals surface area contributed by atoms with Crippen LogP contribution in [0.15, 0.2) is 24.3 Å². The Balaban J connectivity index is 1.47. The number of nitrogens with one attached hydrogen (secondary N) is 3. The molecule has 1 aromatic carbocycles. The van der Waals surface area contributed by atoms with Gasteiger partial charge in [-0.1, -0.05) is 0 Å². The Kier molecular flexibility index (Phi) is 7.69. The number of nitrogens with zero attached hydrogens (tertiary/aromatic N) is 6. The molecule has 3 amide bonds. The molecular weight excluding hydrogens is 561 g/mol. The maximum Gasteiger partial charge on any atom is 0.273 e. The number of aromatic nitrogens is 4. The average Bonchev–Trinajstić information content (AvgIpc) is 3.78. The Morgan fingerprint density at radius 2 is 1.88 bits per heavy atom. The number of ether oxygens (including phenoxy) is 1. The summed E-state index contributed by atoms with van der Waals surface area (Å²) >= 11 is 0.